The van der Waals surface area contributed by atoms with Gasteiger partial charge >= 0.3 is 0 Å². The zero-order valence-corrected chi connectivity index (χ0v) is 11.3. The van der Waals surface area contributed by atoms with Crippen LogP contribution in [0.1, 0.15) is 52.9 Å². The summed E-state index contributed by atoms with van der Waals surface area (Å²) < 4.78 is 0. The second-order valence-electron chi connectivity index (χ2n) is 5.32. The molecule has 0 rings (SSSR count). The highest BCUT2D eigenvalue weighted by molar-refractivity contribution is 4.83. The van der Waals surface area contributed by atoms with Crippen molar-refractivity contribution in [2.75, 3.05) is 6.61 Å². The molecule has 4 nitrogen and oxygen atoms in total. The van der Waals surface area contributed by atoms with E-state index in [2.05, 4.69) is 20.8 Å². The van der Waals surface area contributed by atoms with Gasteiger partial charge in [0.15, 0.2) is 0 Å². The molecule has 104 valence electrons. The fraction of sp³-hybridized carbons (Fsp3) is 1.00. The maximum absolute atomic E-state index is 9.89. The van der Waals surface area contributed by atoms with Crippen molar-refractivity contribution < 1.29 is 20.4 Å². The van der Waals surface area contributed by atoms with Crippen molar-refractivity contribution in [3.05, 3.63) is 0 Å². The van der Waals surface area contributed by atoms with E-state index in [0.717, 1.165) is 25.7 Å². The maximum Gasteiger partial charge on any atom is 0.108 e. The second-order valence-corrected chi connectivity index (χ2v) is 5.32. The van der Waals surface area contributed by atoms with Crippen LogP contribution < -0.4 is 0 Å². The molecule has 0 aromatic heterocycles. The topological polar surface area (TPSA) is 80.9 Å². The van der Waals surface area contributed by atoms with Crippen LogP contribution in [0.15, 0.2) is 0 Å². The van der Waals surface area contributed by atoms with Gasteiger partial charge in [0, 0.05) is 0 Å². The lowest BCUT2D eigenvalue weighted by Crippen LogP contribution is -2.42. The fourth-order valence-electron chi connectivity index (χ4n) is 2.53. The van der Waals surface area contributed by atoms with Gasteiger partial charge in [0.05, 0.1) is 12.7 Å². The van der Waals surface area contributed by atoms with Crippen LogP contribution in [0.3, 0.4) is 0 Å². The smallest absolute Gasteiger partial charge is 0.108 e. The molecule has 17 heavy (non-hydrogen) atoms. The molecule has 0 aliphatic rings. The first kappa shape index (κ1) is 16.8. The van der Waals surface area contributed by atoms with Gasteiger partial charge in [-0.05, 0) is 24.7 Å². The summed E-state index contributed by atoms with van der Waals surface area (Å²) in [6, 6.07) is 0. The number of aliphatic hydroxyl groups is 4. The highest BCUT2D eigenvalue weighted by atomic mass is 16.4. The predicted molar refractivity (Wildman–Crippen MR) is 67.6 cm³/mol. The predicted octanol–water partition coefficient (Wildman–Crippen LogP) is 1.06. The third kappa shape index (κ3) is 5.82. The van der Waals surface area contributed by atoms with Crippen LogP contribution in [0.5, 0.6) is 0 Å². The second kappa shape index (κ2) is 8.03. The Labute approximate surface area is 104 Å². The first-order valence-corrected chi connectivity index (χ1v) is 6.55. The lowest BCUT2D eigenvalue weighted by Gasteiger charge is -2.33. The van der Waals surface area contributed by atoms with E-state index in [1.807, 2.05) is 0 Å². The molecule has 0 aromatic rings. The number of aliphatic hydroxyl groups excluding tert-OH is 4. The van der Waals surface area contributed by atoms with Gasteiger partial charge in [-0.3, -0.25) is 0 Å². The minimum Gasteiger partial charge on any atom is -0.394 e. The van der Waals surface area contributed by atoms with Gasteiger partial charge in [0.2, 0.25) is 0 Å². The molecule has 3 atom stereocenters. The summed E-state index contributed by atoms with van der Waals surface area (Å²) in [5.41, 5.74) is -0.0148. The summed E-state index contributed by atoms with van der Waals surface area (Å²) in [6.45, 7) is 5.76. The maximum atomic E-state index is 9.89. The summed E-state index contributed by atoms with van der Waals surface area (Å²) in [7, 11) is 0. The lowest BCUT2D eigenvalue weighted by atomic mass is 9.75. The molecular weight excluding hydrogens is 220 g/mol. The lowest BCUT2D eigenvalue weighted by molar-refractivity contribution is -0.0894. The first-order chi connectivity index (χ1) is 7.90. The highest BCUT2D eigenvalue weighted by Gasteiger charge is 2.31. The molecule has 0 fully saturated rings. The zero-order valence-electron chi connectivity index (χ0n) is 11.3. The van der Waals surface area contributed by atoms with Crippen LogP contribution in [0.25, 0.3) is 0 Å². The molecule has 0 spiro atoms. The largest absolute Gasteiger partial charge is 0.394 e. The van der Waals surface area contributed by atoms with Gasteiger partial charge in [-0.1, -0.05) is 33.6 Å². The van der Waals surface area contributed by atoms with Crippen LogP contribution in [0.2, 0.25) is 0 Å². The minimum atomic E-state index is -1.27. The van der Waals surface area contributed by atoms with Gasteiger partial charge < -0.3 is 20.4 Å². The van der Waals surface area contributed by atoms with Crippen molar-refractivity contribution in [3.8, 4) is 0 Å². The SMILES string of the molecule is CCCC(C)(CCC)CC(O)C(O)C(O)CO. The molecule has 0 saturated carbocycles. The van der Waals surface area contributed by atoms with Crippen molar-refractivity contribution in [1.29, 1.82) is 0 Å². The normalized spacial score (nSPS) is 17.8. The quantitative estimate of drug-likeness (QED) is 0.492. The van der Waals surface area contributed by atoms with E-state index < -0.39 is 24.9 Å². The van der Waals surface area contributed by atoms with Gasteiger partial charge in [-0.15, -0.1) is 0 Å². The molecule has 0 amide bonds. The first-order valence-electron chi connectivity index (χ1n) is 6.55. The van der Waals surface area contributed by atoms with E-state index >= 15 is 0 Å². The van der Waals surface area contributed by atoms with Crippen molar-refractivity contribution in [1.82, 2.24) is 0 Å². The van der Waals surface area contributed by atoms with Crippen LogP contribution >= 0.6 is 0 Å². The van der Waals surface area contributed by atoms with E-state index in [4.69, 9.17) is 5.11 Å². The minimum absolute atomic E-state index is 0.0148. The Morgan fingerprint density at radius 2 is 1.41 bits per heavy atom. The zero-order chi connectivity index (χ0) is 13.5. The van der Waals surface area contributed by atoms with Crippen molar-refractivity contribution in [2.24, 2.45) is 5.41 Å². The van der Waals surface area contributed by atoms with Crippen molar-refractivity contribution in [3.63, 3.8) is 0 Å². The van der Waals surface area contributed by atoms with Crippen LogP contribution in [-0.4, -0.2) is 45.3 Å². The number of hydrogen-bond acceptors (Lipinski definition) is 4. The van der Waals surface area contributed by atoms with Crippen molar-refractivity contribution >= 4 is 0 Å². The number of hydrogen-bond donors (Lipinski definition) is 4. The molecule has 0 radical (unpaired) electrons. The Balaban J connectivity index is 4.43. The van der Waals surface area contributed by atoms with Gasteiger partial charge in [-0.25, -0.2) is 0 Å². The van der Waals surface area contributed by atoms with E-state index in [0.29, 0.717) is 6.42 Å². The third-order valence-corrected chi connectivity index (χ3v) is 3.38. The van der Waals surface area contributed by atoms with Gasteiger partial charge in [0.25, 0.3) is 0 Å². The van der Waals surface area contributed by atoms with E-state index in [1.165, 1.54) is 0 Å². The monoisotopic (exact) mass is 248 g/mol. The Bertz CT molecular complexity index is 190. The molecular formula is C13H28O4. The third-order valence-electron chi connectivity index (χ3n) is 3.38. The molecule has 3 unspecified atom stereocenters. The average Bonchev–Trinajstić information content (AvgIpc) is 2.27. The molecule has 0 bridgehead atoms. The van der Waals surface area contributed by atoms with Gasteiger partial charge in [0.1, 0.15) is 12.2 Å². The molecule has 0 saturated heterocycles. The van der Waals surface area contributed by atoms with E-state index in [9.17, 15) is 15.3 Å². The number of rotatable bonds is 9. The van der Waals surface area contributed by atoms with Crippen molar-refractivity contribution in [2.45, 2.75) is 71.2 Å². The summed E-state index contributed by atoms with van der Waals surface area (Å²) in [5.74, 6) is 0. The standard InChI is InChI=1S/C13H28O4/c1-4-6-13(3,7-5-2)8-10(15)12(17)11(16)9-14/h10-12,14-17H,4-9H2,1-3H3. The molecule has 4 heteroatoms. The Hall–Kier alpha value is -0.160. The summed E-state index contributed by atoms with van der Waals surface area (Å²) in [6.07, 6.45) is 0.960. The van der Waals surface area contributed by atoms with E-state index in [-0.39, 0.29) is 5.41 Å². The van der Waals surface area contributed by atoms with Crippen LogP contribution in [0.4, 0.5) is 0 Å². The van der Waals surface area contributed by atoms with Crippen LogP contribution in [-0.2, 0) is 0 Å². The van der Waals surface area contributed by atoms with Crippen LogP contribution in [0, 0.1) is 5.41 Å². The molecule has 0 heterocycles. The Morgan fingerprint density at radius 1 is 0.941 bits per heavy atom. The molecule has 0 aliphatic carbocycles. The Kier molecular flexibility index (Phi) is 7.96. The summed E-state index contributed by atoms with van der Waals surface area (Å²) >= 11 is 0. The highest BCUT2D eigenvalue weighted by Crippen LogP contribution is 2.35. The Morgan fingerprint density at radius 3 is 1.76 bits per heavy atom. The molecule has 0 aromatic carbocycles. The molecule has 0 aliphatic heterocycles. The summed E-state index contributed by atoms with van der Waals surface area (Å²) in [5, 5.41) is 37.5. The molecule has 4 N–H and O–H groups in total. The van der Waals surface area contributed by atoms with E-state index in [1.54, 1.807) is 0 Å². The average molecular weight is 248 g/mol. The van der Waals surface area contributed by atoms with Gasteiger partial charge in [-0.2, -0.15) is 0 Å². The summed E-state index contributed by atoms with van der Waals surface area (Å²) in [4.78, 5) is 0. The fourth-order valence-corrected chi connectivity index (χ4v) is 2.53.